The van der Waals surface area contributed by atoms with Gasteiger partial charge < -0.3 is 15.1 Å². The van der Waals surface area contributed by atoms with E-state index in [2.05, 4.69) is 15.5 Å². The molecule has 2 rings (SSSR count). The number of furan rings is 1. The molecule has 1 aliphatic rings. The molecule has 5 nitrogen and oxygen atoms in total. The Hall–Kier alpha value is -1.33. The van der Waals surface area contributed by atoms with E-state index in [0.717, 1.165) is 31.7 Å². The fraction of sp³-hybridized carbons (Fsp3) is 0.643. The van der Waals surface area contributed by atoms with Crippen molar-refractivity contribution < 1.29 is 9.21 Å². The van der Waals surface area contributed by atoms with Gasteiger partial charge in [0.15, 0.2) is 0 Å². The third kappa shape index (κ3) is 3.81. The van der Waals surface area contributed by atoms with E-state index >= 15 is 0 Å². The van der Waals surface area contributed by atoms with Gasteiger partial charge in [0.2, 0.25) is 5.91 Å². The van der Waals surface area contributed by atoms with Gasteiger partial charge in [-0.1, -0.05) is 0 Å². The zero-order chi connectivity index (χ0) is 13.7. The smallest absolute Gasteiger partial charge is 0.237 e. The van der Waals surface area contributed by atoms with Crippen LogP contribution in [0.15, 0.2) is 22.8 Å². The lowest BCUT2D eigenvalue weighted by molar-refractivity contribution is -0.126. The minimum Gasteiger partial charge on any atom is -0.467 e. The van der Waals surface area contributed by atoms with Crippen molar-refractivity contribution in [3.8, 4) is 0 Å². The fourth-order valence-corrected chi connectivity index (χ4v) is 2.48. The Kier molecular flexibility index (Phi) is 4.99. The highest BCUT2D eigenvalue weighted by atomic mass is 16.3. The molecule has 0 radical (unpaired) electrons. The minimum atomic E-state index is -0.0761. The maximum Gasteiger partial charge on any atom is 0.237 e. The molecule has 2 heterocycles. The number of hydrogen-bond acceptors (Lipinski definition) is 4. The number of carbonyl (C=O) groups is 1. The summed E-state index contributed by atoms with van der Waals surface area (Å²) in [5.74, 6) is 0.855. The maximum absolute atomic E-state index is 12.1. The molecule has 1 amide bonds. The highest BCUT2D eigenvalue weighted by molar-refractivity contribution is 5.81. The van der Waals surface area contributed by atoms with Crippen LogP contribution in [-0.2, 0) is 11.3 Å². The molecule has 0 bridgehead atoms. The first-order chi connectivity index (χ1) is 9.20. The lowest BCUT2D eigenvalue weighted by Gasteiger charge is -2.35. The number of nitrogens with one attached hydrogen (secondary N) is 2. The Morgan fingerprint density at radius 3 is 2.84 bits per heavy atom. The third-order valence-corrected chi connectivity index (χ3v) is 3.88. The van der Waals surface area contributed by atoms with Crippen LogP contribution in [0.25, 0.3) is 0 Å². The number of rotatable bonds is 5. The first-order valence-electron chi connectivity index (χ1n) is 6.92. The highest BCUT2D eigenvalue weighted by Crippen LogP contribution is 2.13. The number of hydrogen-bond donors (Lipinski definition) is 2. The summed E-state index contributed by atoms with van der Waals surface area (Å²) in [4.78, 5) is 14.3. The van der Waals surface area contributed by atoms with Gasteiger partial charge in [-0.15, -0.1) is 0 Å². The van der Waals surface area contributed by atoms with Crippen LogP contribution in [0.2, 0.25) is 0 Å². The molecule has 5 heteroatoms. The van der Waals surface area contributed by atoms with Crippen molar-refractivity contribution in [2.24, 2.45) is 0 Å². The molecule has 19 heavy (non-hydrogen) atoms. The van der Waals surface area contributed by atoms with Gasteiger partial charge >= 0.3 is 0 Å². The molecule has 0 saturated carbocycles. The van der Waals surface area contributed by atoms with Crippen molar-refractivity contribution in [1.82, 2.24) is 15.5 Å². The molecule has 1 aliphatic heterocycles. The van der Waals surface area contributed by atoms with E-state index in [-0.39, 0.29) is 11.9 Å². The van der Waals surface area contributed by atoms with Crippen LogP contribution in [0.5, 0.6) is 0 Å². The summed E-state index contributed by atoms with van der Waals surface area (Å²) in [5, 5.41) is 6.21. The predicted molar refractivity (Wildman–Crippen MR) is 73.7 cm³/mol. The second-order valence-corrected chi connectivity index (χ2v) is 5.07. The van der Waals surface area contributed by atoms with Gasteiger partial charge in [0.25, 0.3) is 0 Å². The number of amides is 1. The van der Waals surface area contributed by atoms with Crippen LogP contribution in [0.3, 0.4) is 0 Å². The van der Waals surface area contributed by atoms with Crippen LogP contribution in [0, 0.1) is 0 Å². The fourth-order valence-electron chi connectivity index (χ4n) is 2.48. The average Bonchev–Trinajstić information content (AvgIpc) is 2.97. The van der Waals surface area contributed by atoms with Crippen LogP contribution >= 0.6 is 0 Å². The topological polar surface area (TPSA) is 57.5 Å². The average molecular weight is 265 g/mol. The molecule has 1 atom stereocenters. The first kappa shape index (κ1) is 14.1. The summed E-state index contributed by atoms with van der Waals surface area (Å²) >= 11 is 0. The van der Waals surface area contributed by atoms with Crippen LogP contribution < -0.4 is 10.6 Å². The number of piperidine rings is 1. The standard InChI is InChI=1S/C14H23N3O2/c1-11(17-7-5-12(15-2)6-8-17)14(18)16-10-13-4-3-9-19-13/h3-4,9,11-12,15H,5-8,10H2,1-2H3,(H,16,18). The van der Waals surface area contributed by atoms with Gasteiger partial charge in [-0.05, 0) is 38.9 Å². The monoisotopic (exact) mass is 265 g/mol. The SMILES string of the molecule is CNC1CCN(C(C)C(=O)NCc2ccco2)CC1. The van der Waals surface area contributed by atoms with E-state index in [9.17, 15) is 4.79 Å². The molecule has 1 aromatic rings. The molecular weight excluding hydrogens is 242 g/mol. The van der Waals surface area contributed by atoms with Crippen LogP contribution in [0.1, 0.15) is 25.5 Å². The predicted octanol–water partition coefficient (Wildman–Crippen LogP) is 0.968. The second kappa shape index (κ2) is 6.73. The summed E-state index contributed by atoms with van der Waals surface area (Å²) in [5.41, 5.74) is 0. The Morgan fingerprint density at radius 1 is 1.53 bits per heavy atom. The van der Waals surface area contributed by atoms with E-state index < -0.39 is 0 Å². The zero-order valence-electron chi connectivity index (χ0n) is 11.7. The van der Waals surface area contributed by atoms with Crippen LogP contribution in [0.4, 0.5) is 0 Å². The molecule has 0 aliphatic carbocycles. The summed E-state index contributed by atoms with van der Waals surface area (Å²) in [6.45, 7) is 4.38. The third-order valence-electron chi connectivity index (χ3n) is 3.88. The summed E-state index contributed by atoms with van der Waals surface area (Å²) < 4.78 is 5.20. The van der Waals surface area contributed by atoms with Gasteiger partial charge in [0.05, 0.1) is 18.8 Å². The van der Waals surface area contributed by atoms with Gasteiger partial charge in [-0.25, -0.2) is 0 Å². The number of likely N-dealkylation sites (tertiary alicyclic amines) is 1. The number of nitrogens with zero attached hydrogens (tertiary/aromatic N) is 1. The summed E-state index contributed by atoms with van der Waals surface area (Å²) in [7, 11) is 2.00. The Labute approximate surface area is 114 Å². The van der Waals surface area contributed by atoms with E-state index in [1.54, 1.807) is 6.26 Å². The molecule has 1 aromatic heterocycles. The van der Waals surface area contributed by atoms with Crippen molar-refractivity contribution in [1.29, 1.82) is 0 Å². The highest BCUT2D eigenvalue weighted by Gasteiger charge is 2.25. The van der Waals surface area contributed by atoms with E-state index in [4.69, 9.17) is 4.42 Å². The van der Waals surface area contributed by atoms with Crippen molar-refractivity contribution in [3.63, 3.8) is 0 Å². The lowest BCUT2D eigenvalue weighted by Crippen LogP contribution is -2.50. The van der Waals surface area contributed by atoms with Gasteiger partial charge in [0.1, 0.15) is 5.76 Å². The zero-order valence-corrected chi connectivity index (χ0v) is 11.7. The van der Waals surface area contributed by atoms with Crippen molar-refractivity contribution in [2.45, 2.75) is 38.4 Å². The summed E-state index contributed by atoms with van der Waals surface area (Å²) in [6.07, 6.45) is 3.83. The van der Waals surface area contributed by atoms with Crippen LogP contribution in [-0.4, -0.2) is 43.0 Å². The van der Waals surface area contributed by atoms with Crippen molar-refractivity contribution in [2.75, 3.05) is 20.1 Å². The normalized spacial score (nSPS) is 19.3. The molecule has 1 fully saturated rings. The van der Waals surface area contributed by atoms with E-state index in [1.807, 2.05) is 26.1 Å². The van der Waals surface area contributed by atoms with E-state index in [1.165, 1.54) is 0 Å². The molecule has 0 aromatic carbocycles. The minimum absolute atomic E-state index is 0.0688. The van der Waals surface area contributed by atoms with Gasteiger partial charge in [-0.2, -0.15) is 0 Å². The number of carbonyl (C=O) groups excluding carboxylic acids is 1. The largest absolute Gasteiger partial charge is 0.467 e. The molecule has 106 valence electrons. The molecule has 0 spiro atoms. The Balaban J connectivity index is 1.76. The lowest BCUT2D eigenvalue weighted by atomic mass is 10.0. The maximum atomic E-state index is 12.1. The van der Waals surface area contributed by atoms with Gasteiger partial charge in [0, 0.05) is 19.1 Å². The molecule has 1 saturated heterocycles. The first-order valence-corrected chi connectivity index (χ1v) is 6.92. The molecule has 1 unspecified atom stereocenters. The molecule has 2 N–H and O–H groups in total. The van der Waals surface area contributed by atoms with Crippen molar-refractivity contribution in [3.05, 3.63) is 24.2 Å². The molecular formula is C14H23N3O2. The van der Waals surface area contributed by atoms with Gasteiger partial charge in [-0.3, -0.25) is 9.69 Å². The van der Waals surface area contributed by atoms with E-state index in [0.29, 0.717) is 12.6 Å². The Morgan fingerprint density at radius 2 is 2.26 bits per heavy atom. The summed E-state index contributed by atoms with van der Waals surface area (Å²) in [6, 6.07) is 4.21. The van der Waals surface area contributed by atoms with Crippen molar-refractivity contribution >= 4 is 5.91 Å². The Bertz CT molecular complexity index is 383. The second-order valence-electron chi connectivity index (χ2n) is 5.07. The quantitative estimate of drug-likeness (QED) is 0.833.